The number of carbonyl (C=O) groups is 1. The van der Waals surface area contributed by atoms with E-state index in [0.29, 0.717) is 18.8 Å². The third kappa shape index (κ3) is 5.91. The molecule has 0 aliphatic carbocycles. The lowest BCUT2D eigenvalue weighted by Gasteiger charge is -2.14. The first-order valence-electron chi connectivity index (χ1n) is 5.03. The lowest BCUT2D eigenvalue weighted by Crippen LogP contribution is -2.38. The molecule has 0 aliphatic rings. The minimum absolute atomic E-state index is 0. The van der Waals surface area contributed by atoms with Crippen molar-refractivity contribution >= 4 is 34.2 Å². The Morgan fingerprint density at radius 2 is 2.06 bits per heavy atom. The minimum Gasteiger partial charge on any atom is -0.481 e. The van der Waals surface area contributed by atoms with Gasteiger partial charge in [0.1, 0.15) is 5.75 Å². The van der Waals surface area contributed by atoms with Gasteiger partial charge in [-0.1, -0.05) is 15.9 Å². The van der Waals surface area contributed by atoms with Gasteiger partial charge in [0, 0.05) is 17.6 Å². The molecule has 1 aromatic carbocycles. The molecule has 0 radical (unpaired) electrons. The fourth-order valence-electron chi connectivity index (χ4n) is 1.11. The molecular weight excluding hydrogens is 307 g/mol. The highest BCUT2D eigenvalue weighted by atomic mass is 79.9. The number of benzene rings is 1. The predicted octanol–water partition coefficient (Wildman–Crippen LogP) is 1.71. The smallest absolute Gasteiger partial charge is 0.260 e. The van der Waals surface area contributed by atoms with Crippen molar-refractivity contribution in [2.24, 2.45) is 5.73 Å². The van der Waals surface area contributed by atoms with Crippen LogP contribution in [0.4, 0.5) is 0 Å². The number of amides is 1. The van der Waals surface area contributed by atoms with Gasteiger partial charge in [0.25, 0.3) is 5.91 Å². The van der Waals surface area contributed by atoms with Gasteiger partial charge >= 0.3 is 0 Å². The quantitative estimate of drug-likeness (QED) is 0.867. The van der Waals surface area contributed by atoms with E-state index in [4.69, 9.17) is 10.5 Å². The summed E-state index contributed by atoms with van der Waals surface area (Å²) in [4.78, 5) is 11.5. The number of rotatable bonds is 5. The fourth-order valence-corrected chi connectivity index (χ4v) is 1.37. The summed E-state index contributed by atoms with van der Waals surface area (Å²) >= 11 is 3.33. The summed E-state index contributed by atoms with van der Waals surface area (Å²) in [5, 5.41) is 2.67. The molecule has 0 bridgehead atoms. The Morgan fingerprint density at radius 1 is 1.47 bits per heavy atom. The zero-order chi connectivity index (χ0) is 12.0. The van der Waals surface area contributed by atoms with Gasteiger partial charge in [-0.05, 0) is 31.2 Å². The molecule has 0 saturated heterocycles. The van der Waals surface area contributed by atoms with Crippen molar-refractivity contribution in [1.82, 2.24) is 5.32 Å². The first-order chi connectivity index (χ1) is 7.63. The van der Waals surface area contributed by atoms with E-state index < -0.39 is 6.10 Å². The fraction of sp³-hybridized carbons (Fsp3) is 0.364. The average molecular weight is 324 g/mol. The zero-order valence-corrected chi connectivity index (χ0v) is 11.9. The van der Waals surface area contributed by atoms with Crippen LogP contribution in [0.3, 0.4) is 0 Å². The van der Waals surface area contributed by atoms with Gasteiger partial charge in [0.15, 0.2) is 6.10 Å². The monoisotopic (exact) mass is 322 g/mol. The molecule has 0 saturated carbocycles. The van der Waals surface area contributed by atoms with Gasteiger partial charge in [-0.25, -0.2) is 0 Å². The van der Waals surface area contributed by atoms with E-state index >= 15 is 0 Å². The van der Waals surface area contributed by atoms with Crippen molar-refractivity contribution in [3.05, 3.63) is 28.7 Å². The number of nitrogens with one attached hydrogen (secondary N) is 1. The van der Waals surface area contributed by atoms with E-state index in [1.165, 1.54) is 0 Å². The highest BCUT2D eigenvalue weighted by molar-refractivity contribution is 9.10. The molecule has 0 fully saturated rings. The van der Waals surface area contributed by atoms with Gasteiger partial charge in [-0.2, -0.15) is 0 Å². The number of ether oxygens (including phenoxy) is 1. The summed E-state index contributed by atoms with van der Waals surface area (Å²) < 4.78 is 6.43. The molecule has 0 spiro atoms. The maximum atomic E-state index is 11.5. The van der Waals surface area contributed by atoms with Crippen LogP contribution in [0, 0.1) is 0 Å². The molecule has 6 heteroatoms. The third-order valence-electron chi connectivity index (χ3n) is 1.94. The first-order valence-corrected chi connectivity index (χ1v) is 5.83. The molecule has 4 nitrogen and oxygen atoms in total. The van der Waals surface area contributed by atoms with Crippen molar-refractivity contribution < 1.29 is 9.53 Å². The van der Waals surface area contributed by atoms with Crippen LogP contribution < -0.4 is 15.8 Å². The predicted molar refractivity (Wildman–Crippen MR) is 73.5 cm³/mol. The van der Waals surface area contributed by atoms with Crippen LogP contribution in [0.15, 0.2) is 28.7 Å². The summed E-state index contributed by atoms with van der Waals surface area (Å²) in [5.74, 6) is 0.506. The van der Waals surface area contributed by atoms with Crippen LogP contribution >= 0.6 is 28.3 Å². The molecule has 1 amide bonds. The summed E-state index contributed by atoms with van der Waals surface area (Å²) in [7, 11) is 0. The molecule has 0 aromatic heterocycles. The Hall–Kier alpha value is -0.780. The van der Waals surface area contributed by atoms with Gasteiger partial charge in [-0.15, -0.1) is 12.4 Å². The van der Waals surface area contributed by atoms with Gasteiger partial charge in [0.05, 0.1) is 0 Å². The minimum atomic E-state index is -0.521. The van der Waals surface area contributed by atoms with Crippen LogP contribution in [0.5, 0.6) is 5.75 Å². The molecule has 0 heterocycles. The Bertz CT molecular complexity index is 346. The second kappa shape index (κ2) is 8.33. The topological polar surface area (TPSA) is 64.3 Å². The lowest BCUT2D eigenvalue weighted by atomic mass is 10.3. The molecular formula is C11H16BrClN2O2. The maximum Gasteiger partial charge on any atom is 0.260 e. The SMILES string of the molecule is CC(Oc1ccc(Br)cc1)C(=O)NCCN.Cl. The summed E-state index contributed by atoms with van der Waals surface area (Å²) in [6, 6.07) is 7.33. The van der Waals surface area contributed by atoms with Crippen LogP contribution in [0.2, 0.25) is 0 Å². The maximum absolute atomic E-state index is 11.5. The number of carbonyl (C=O) groups excluding carboxylic acids is 1. The van der Waals surface area contributed by atoms with E-state index in [0.717, 1.165) is 4.47 Å². The second-order valence-electron chi connectivity index (χ2n) is 3.29. The van der Waals surface area contributed by atoms with Gasteiger partial charge in [-0.3, -0.25) is 4.79 Å². The second-order valence-corrected chi connectivity index (χ2v) is 4.21. The first kappa shape index (κ1) is 16.2. The zero-order valence-electron chi connectivity index (χ0n) is 9.48. The van der Waals surface area contributed by atoms with Gasteiger partial charge in [0.2, 0.25) is 0 Å². The molecule has 96 valence electrons. The molecule has 1 aromatic rings. The standard InChI is InChI=1S/C11H15BrN2O2.ClH/c1-8(11(15)14-7-6-13)16-10-4-2-9(12)3-5-10;/h2-5,8H,6-7,13H2,1H3,(H,14,15);1H. The molecule has 1 rings (SSSR count). The molecule has 3 N–H and O–H groups in total. The molecule has 1 unspecified atom stereocenters. The lowest BCUT2D eigenvalue weighted by molar-refractivity contribution is -0.127. The summed E-state index contributed by atoms with van der Waals surface area (Å²) in [6.07, 6.45) is -0.521. The van der Waals surface area contributed by atoms with Crippen molar-refractivity contribution in [1.29, 1.82) is 0 Å². The van der Waals surface area contributed by atoms with Crippen molar-refractivity contribution in [3.8, 4) is 5.75 Å². The Morgan fingerprint density at radius 3 is 2.59 bits per heavy atom. The van der Waals surface area contributed by atoms with Gasteiger partial charge < -0.3 is 15.8 Å². The van der Waals surface area contributed by atoms with Crippen LogP contribution in [0.25, 0.3) is 0 Å². The Labute approximate surface area is 115 Å². The normalized spacial score (nSPS) is 11.2. The number of halogens is 2. The van der Waals surface area contributed by atoms with E-state index in [2.05, 4.69) is 21.2 Å². The van der Waals surface area contributed by atoms with E-state index in [9.17, 15) is 4.79 Å². The summed E-state index contributed by atoms with van der Waals surface area (Å²) in [5.41, 5.74) is 5.29. The van der Waals surface area contributed by atoms with Crippen LogP contribution in [0.1, 0.15) is 6.92 Å². The van der Waals surface area contributed by atoms with Crippen molar-refractivity contribution in [2.45, 2.75) is 13.0 Å². The molecule has 17 heavy (non-hydrogen) atoms. The van der Waals surface area contributed by atoms with E-state index in [1.54, 1.807) is 19.1 Å². The molecule has 1 atom stereocenters. The third-order valence-corrected chi connectivity index (χ3v) is 2.47. The van der Waals surface area contributed by atoms with E-state index in [-0.39, 0.29) is 18.3 Å². The summed E-state index contributed by atoms with van der Waals surface area (Å²) in [6.45, 7) is 2.59. The average Bonchev–Trinajstić information content (AvgIpc) is 2.29. The molecule has 0 aliphatic heterocycles. The number of hydrogen-bond acceptors (Lipinski definition) is 3. The van der Waals surface area contributed by atoms with Crippen molar-refractivity contribution in [2.75, 3.05) is 13.1 Å². The Kier molecular flexibility index (Phi) is 7.95. The highest BCUT2D eigenvalue weighted by Crippen LogP contribution is 2.17. The largest absolute Gasteiger partial charge is 0.481 e. The number of nitrogens with two attached hydrogens (primary N) is 1. The van der Waals surface area contributed by atoms with E-state index in [1.807, 2.05) is 12.1 Å². The number of hydrogen-bond donors (Lipinski definition) is 2. The van der Waals surface area contributed by atoms with Crippen molar-refractivity contribution in [3.63, 3.8) is 0 Å². The Balaban J connectivity index is 0.00000256. The highest BCUT2D eigenvalue weighted by Gasteiger charge is 2.13. The van der Waals surface area contributed by atoms with Crippen LogP contribution in [-0.2, 0) is 4.79 Å². The van der Waals surface area contributed by atoms with Crippen LogP contribution in [-0.4, -0.2) is 25.1 Å².